The molecule has 0 bridgehead atoms. The van der Waals surface area contributed by atoms with E-state index in [1.807, 2.05) is 0 Å². The van der Waals surface area contributed by atoms with Crippen LogP contribution in [0.5, 0.6) is 0 Å². The van der Waals surface area contributed by atoms with E-state index in [0.29, 0.717) is 5.92 Å². The first-order chi connectivity index (χ1) is 11.9. The van der Waals surface area contributed by atoms with Gasteiger partial charge in [0.1, 0.15) is 0 Å². The maximum absolute atomic E-state index is 2.38. The lowest BCUT2D eigenvalue weighted by Gasteiger charge is -2.38. The minimum Gasteiger partial charge on any atom is -0.0622 e. The molecule has 0 unspecified atom stereocenters. The molecule has 0 nitrogen and oxygen atoms in total. The van der Waals surface area contributed by atoms with Gasteiger partial charge in [-0.1, -0.05) is 91.7 Å². The van der Waals surface area contributed by atoms with Crippen LogP contribution in [0.4, 0.5) is 0 Å². The Hall–Kier alpha value is -2.34. The minimum atomic E-state index is 0.0327. The fourth-order valence-electron chi connectivity index (χ4n) is 5.32. The van der Waals surface area contributed by atoms with Crippen molar-refractivity contribution in [1.82, 2.24) is 0 Å². The van der Waals surface area contributed by atoms with E-state index in [2.05, 4.69) is 78.9 Å². The van der Waals surface area contributed by atoms with Crippen LogP contribution in [-0.4, -0.2) is 0 Å². The maximum Gasteiger partial charge on any atom is 0.0491 e. The average molecular weight is 310 g/mol. The molecule has 0 aliphatic heterocycles. The first-order valence-corrected chi connectivity index (χ1v) is 9.17. The van der Waals surface area contributed by atoms with Gasteiger partial charge in [0.15, 0.2) is 0 Å². The van der Waals surface area contributed by atoms with E-state index >= 15 is 0 Å². The fourth-order valence-corrected chi connectivity index (χ4v) is 5.32. The number of fused-ring (bicyclic) bond motifs is 3. The minimum absolute atomic E-state index is 0.0327. The quantitative estimate of drug-likeness (QED) is 0.529. The highest BCUT2D eigenvalue weighted by Gasteiger charge is 2.50. The molecule has 2 aliphatic carbocycles. The molecule has 0 spiro atoms. The van der Waals surface area contributed by atoms with Gasteiger partial charge >= 0.3 is 0 Å². The highest BCUT2D eigenvalue weighted by Crippen LogP contribution is 2.59. The third-order valence-electron chi connectivity index (χ3n) is 6.19. The Kier molecular flexibility index (Phi) is 3.13. The van der Waals surface area contributed by atoms with Gasteiger partial charge in [-0.05, 0) is 46.6 Å². The summed E-state index contributed by atoms with van der Waals surface area (Å²) in [5, 5.41) is 0. The predicted molar refractivity (Wildman–Crippen MR) is 100 cm³/mol. The molecule has 3 aromatic rings. The first kappa shape index (κ1) is 14.0. The van der Waals surface area contributed by atoms with Gasteiger partial charge in [0.2, 0.25) is 0 Å². The van der Waals surface area contributed by atoms with Gasteiger partial charge in [0.25, 0.3) is 0 Å². The van der Waals surface area contributed by atoms with E-state index in [9.17, 15) is 0 Å². The molecule has 1 fully saturated rings. The Morgan fingerprint density at radius 3 is 1.67 bits per heavy atom. The molecule has 2 aliphatic rings. The molecule has 0 saturated heterocycles. The largest absolute Gasteiger partial charge is 0.0622 e. The highest BCUT2D eigenvalue weighted by molar-refractivity contribution is 5.83. The predicted octanol–water partition coefficient (Wildman–Crippen LogP) is 6.19. The molecule has 0 heterocycles. The molecule has 3 aromatic carbocycles. The molecule has 0 atom stereocenters. The van der Waals surface area contributed by atoms with E-state index < -0.39 is 0 Å². The van der Waals surface area contributed by atoms with E-state index in [4.69, 9.17) is 0 Å². The van der Waals surface area contributed by atoms with Crippen LogP contribution in [0.2, 0.25) is 0 Å². The molecule has 0 N–H and O–H groups in total. The Morgan fingerprint density at radius 2 is 1.08 bits per heavy atom. The molecule has 24 heavy (non-hydrogen) atoms. The standard InChI is InChI=1S/C24H22/c1-2-10-18(11-3-1)24(19-12-4-5-13-19)22-16-8-6-14-20(22)21-15-7-9-17-23(21)24/h1-3,6-11,14-17,19H,4-5,12-13H2. The summed E-state index contributed by atoms with van der Waals surface area (Å²) in [6.07, 6.45) is 5.39. The molecule has 0 amide bonds. The fraction of sp³-hybridized carbons (Fsp3) is 0.250. The molecule has 5 rings (SSSR count). The van der Waals surface area contributed by atoms with Gasteiger partial charge in [-0.15, -0.1) is 0 Å². The lowest BCUT2D eigenvalue weighted by molar-refractivity contribution is 0.388. The monoisotopic (exact) mass is 310 g/mol. The lowest BCUT2D eigenvalue weighted by atomic mass is 9.63. The summed E-state index contributed by atoms with van der Waals surface area (Å²) in [7, 11) is 0. The topological polar surface area (TPSA) is 0 Å². The maximum atomic E-state index is 2.38. The van der Waals surface area contributed by atoms with E-state index in [1.54, 1.807) is 0 Å². The molecule has 118 valence electrons. The summed E-state index contributed by atoms with van der Waals surface area (Å²) < 4.78 is 0. The van der Waals surface area contributed by atoms with Crippen molar-refractivity contribution in [3.8, 4) is 11.1 Å². The summed E-state index contributed by atoms with van der Waals surface area (Å²) in [6, 6.07) is 29.4. The number of hydrogen-bond acceptors (Lipinski definition) is 0. The summed E-state index contributed by atoms with van der Waals surface area (Å²) in [4.78, 5) is 0. The van der Waals surface area contributed by atoms with Crippen LogP contribution >= 0.6 is 0 Å². The van der Waals surface area contributed by atoms with Crippen LogP contribution in [-0.2, 0) is 5.41 Å². The van der Waals surface area contributed by atoms with Crippen LogP contribution in [0.15, 0.2) is 78.9 Å². The van der Waals surface area contributed by atoms with Crippen molar-refractivity contribution < 1.29 is 0 Å². The van der Waals surface area contributed by atoms with E-state index in [1.165, 1.54) is 53.5 Å². The molecule has 0 radical (unpaired) electrons. The van der Waals surface area contributed by atoms with Gasteiger partial charge in [-0.3, -0.25) is 0 Å². The Morgan fingerprint density at radius 1 is 0.583 bits per heavy atom. The second-order valence-corrected chi connectivity index (χ2v) is 7.25. The number of benzene rings is 3. The number of rotatable bonds is 2. The van der Waals surface area contributed by atoms with E-state index in [-0.39, 0.29) is 5.41 Å². The molecular weight excluding hydrogens is 288 g/mol. The van der Waals surface area contributed by atoms with Crippen molar-refractivity contribution in [3.63, 3.8) is 0 Å². The molecule has 1 saturated carbocycles. The lowest BCUT2D eigenvalue weighted by Crippen LogP contribution is -2.34. The summed E-state index contributed by atoms with van der Waals surface area (Å²) in [5.74, 6) is 0.699. The first-order valence-electron chi connectivity index (χ1n) is 9.17. The van der Waals surface area contributed by atoms with Gasteiger partial charge in [-0.2, -0.15) is 0 Å². The Bertz CT molecular complexity index is 824. The van der Waals surface area contributed by atoms with Crippen molar-refractivity contribution in [2.75, 3.05) is 0 Å². The second-order valence-electron chi connectivity index (χ2n) is 7.25. The van der Waals surface area contributed by atoms with Crippen molar-refractivity contribution >= 4 is 0 Å². The highest BCUT2D eigenvalue weighted by atomic mass is 14.5. The third kappa shape index (κ3) is 1.74. The van der Waals surface area contributed by atoms with Crippen molar-refractivity contribution in [1.29, 1.82) is 0 Å². The van der Waals surface area contributed by atoms with Gasteiger partial charge in [0.05, 0.1) is 0 Å². The third-order valence-corrected chi connectivity index (χ3v) is 6.19. The van der Waals surface area contributed by atoms with Crippen LogP contribution in [0.1, 0.15) is 42.4 Å². The molecule has 0 heteroatoms. The van der Waals surface area contributed by atoms with Crippen LogP contribution in [0, 0.1) is 5.92 Å². The molecular formula is C24H22. The zero-order valence-corrected chi connectivity index (χ0v) is 13.9. The summed E-state index contributed by atoms with van der Waals surface area (Å²) in [6.45, 7) is 0. The van der Waals surface area contributed by atoms with Gasteiger partial charge in [-0.25, -0.2) is 0 Å². The van der Waals surface area contributed by atoms with Gasteiger partial charge < -0.3 is 0 Å². The second kappa shape index (κ2) is 5.34. The van der Waals surface area contributed by atoms with Crippen molar-refractivity contribution in [3.05, 3.63) is 95.6 Å². The van der Waals surface area contributed by atoms with Crippen LogP contribution < -0.4 is 0 Å². The Labute approximate surface area is 144 Å². The zero-order chi connectivity index (χ0) is 16.0. The van der Waals surface area contributed by atoms with Crippen molar-refractivity contribution in [2.24, 2.45) is 5.92 Å². The van der Waals surface area contributed by atoms with Crippen LogP contribution in [0.25, 0.3) is 11.1 Å². The normalized spacial score (nSPS) is 18.3. The van der Waals surface area contributed by atoms with Crippen molar-refractivity contribution in [2.45, 2.75) is 31.1 Å². The van der Waals surface area contributed by atoms with Gasteiger partial charge in [0, 0.05) is 5.41 Å². The average Bonchev–Trinajstić information content (AvgIpc) is 3.28. The molecule has 0 aromatic heterocycles. The smallest absolute Gasteiger partial charge is 0.0491 e. The summed E-state index contributed by atoms with van der Waals surface area (Å²) in [5.41, 5.74) is 7.40. The SMILES string of the molecule is c1ccc(C2(C3CCCC3)c3ccccc3-c3ccccc32)cc1. The Balaban J connectivity index is 1.90. The van der Waals surface area contributed by atoms with Crippen LogP contribution in [0.3, 0.4) is 0 Å². The number of hydrogen-bond donors (Lipinski definition) is 0. The van der Waals surface area contributed by atoms with E-state index in [0.717, 1.165) is 0 Å². The zero-order valence-electron chi connectivity index (χ0n) is 13.9. The summed E-state index contributed by atoms with van der Waals surface area (Å²) >= 11 is 0.